The van der Waals surface area contributed by atoms with Crippen LogP contribution in [0.25, 0.3) is 0 Å². The van der Waals surface area contributed by atoms with Gasteiger partial charge in [0.05, 0.1) is 6.54 Å². The molecule has 144 valence electrons. The molecule has 1 unspecified atom stereocenters. The maximum absolute atomic E-state index is 12.7. The van der Waals surface area contributed by atoms with Crippen LogP contribution in [0.5, 0.6) is 6.01 Å². The van der Waals surface area contributed by atoms with Gasteiger partial charge in [0.1, 0.15) is 11.7 Å². The molecule has 0 bridgehead atoms. The average Bonchev–Trinajstić information content (AvgIpc) is 2.63. The molecule has 10 heteroatoms. The van der Waals surface area contributed by atoms with E-state index in [1.165, 1.54) is 15.5 Å². The Balaban J connectivity index is 1.72. The molecule has 1 aliphatic heterocycles. The molecule has 27 heavy (non-hydrogen) atoms. The van der Waals surface area contributed by atoms with Crippen molar-refractivity contribution in [2.45, 2.75) is 25.1 Å². The molecule has 3 heterocycles. The van der Waals surface area contributed by atoms with Gasteiger partial charge in [-0.25, -0.2) is 4.98 Å². The molecular weight excluding hydrogens is 365 g/mol. The number of nitrogens with zero attached hydrogens (tertiary/aromatic N) is 4. The summed E-state index contributed by atoms with van der Waals surface area (Å²) in [6.07, 6.45) is -1.50. The highest BCUT2D eigenvalue weighted by Gasteiger charge is 2.34. The molecule has 1 amide bonds. The Morgan fingerprint density at radius 2 is 2.11 bits per heavy atom. The van der Waals surface area contributed by atoms with Crippen molar-refractivity contribution in [1.29, 1.82) is 0 Å². The predicted octanol–water partition coefficient (Wildman–Crippen LogP) is 1.88. The van der Waals surface area contributed by atoms with Crippen molar-refractivity contribution in [2.24, 2.45) is 7.05 Å². The van der Waals surface area contributed by atoms with Gasteiger partial charge in [0.15, 0.2) is 5.69 Å². The molecule has 1 atom stereocenters. The standard InChI is InChI=1S/C17H17F3N4O3/c1-23-8-3-5-12(14(23)25)15(26)24-9-2-4-11(10-24)27-16-21-7-6-13(22-16)17(18,19)20/h3,5-8,11H,2,4,9-10H2,1H3. The molecule has 0 spiro atoms. The van der Waals surface area contributed by atoms with Crippen molar-refractivity contribution in [3.05, 3.63) is 52.2 Å². The minimum atomic E-state index is -4.59. The van der Waals surface area contributed by atoms with Gasteiger partial charge < -0.3 is 14.2 Å². The number of rotatable bonds is 3. The number of carbonyl (C=O) groups is 1. The van der Waals surface area contributed by atoms with Gasteiger partial charge in [-0.2, -0.15) is 18.2 Å². The lowest BCUT2D eigenvalue weighted by atomic mass is 10.1. The van der Waals surface area contributed by atoms with E-state index < -0.39 is 29.4 Å². The molecule has 1 fully saturated rings. The third-order valence-electron chi connectivity index (χ3n) is 4.22. The smallest absolute Gasteiger partial charge is 0.433 e. The zero-order chi connectivity index (χ0) is 19.6. The number of ether oxygens (including phenoxy) is 1. The third-order valence-corrected chi connectivity index (χ3v) is 4.22. The van der Waals surface area contributed by atoms with E-state index in [2.05, 4.69) is 9.97 Å². The fourth-order valence-corrected chi connectivity index (χ4v) is 2.85. The van der Waals surface area contributed by atoms with Crippen molar-refractivity contribution in [3.8, 4) is 6.01 Å². The molecule has 0 radical (unpaired) electrons. The molecule has 0 saturated carbocycles. The Hall–Kier alpha value is -2.91. The molecule has 2 aromatic rings. The van der Waals surface area contributed by atoms with Gasteiger partial charge in [-0.05, 0) is 31.0 Å². The zero-order valence-corrected chi connectivity index (χ0v) is 14.4. The number of hydrogen-bond donors (Lipinski definition) is 0. The van der Waals surface area contributed by atoms with Crippen LogP contribution in [0.2, 0.25) is 0 Å². The van der Waals surface area contributed by atoms with Gasteiger partial charge >= 0.3 is 12.2 Å². The Labute approximate surface area is 152 Å². The van der Waals surface area contributed by atoms with Crippen LogP contribution in [0.3, 0.4) is 0 Å². The Morgan fingerprint density at radius 1 is 1.33 bits per heavy atom. The largest absolute Gasteiger partial charge is 0.458 e. The van der Waals surface area contributed by atoms with Gasteiger partial charge in [-0.3, -0.25) is 9.59 Å². The van der Waals surface area contributed by atoms with Crippen LogP contribution in [-0.4, -0.2) is 44.5 Å². The molecule has 0 aromatic carbocycles. The first-order chi connectivity index (χ1) is 12.8. The molecule has 3 rings (SSSR count). The van der Waals surface area contributed by atoms with Gasteiger partial charge in [-0.15, -0.1) is 0 Å². The maximum Gasteiger partial charge on any atom is 0.433 e. The Kier molecular flexibility index (Phi) is 5.15. The van der Waals surface area contributed by atoms with Gasteiger partial charge in [0.2, 0.25) is 0 Å². The van der Waals surface area contributed by atoms with Gasteiger partial charge in [-0.1, -0.05) is 0 Å². The number of likely N-dealkylation sites (tertiary alicyclic amines) is 1. The van der Waals surface area contributed by atoms with Crippen LogP contribution in [0, 0.1) is 0 Å². The van der Waals surface area contributed by atoms with E-state index in [1.54, 1.807) is 19.3 Å². The zero-order valence-electron chi connectivity index (χ0n) is 14.4. The second-order valence-corrected chi connectivity index (χ2v) is 6.19. The van der Waals surface area contributed by atoms with Crippen molar-refractivity contribution in [1.82, 2.24) is 19.4 Å². The van der Waals surface area contributed by atoms with Crippen molar-refractivity contribution < 1.29 is 22.7 Å². The summed E-state index contributed by atoms with van der Waals surface area (Å²) in [5.41, 5.74) is -1.47. The SMILES string of the molecule is Cn1cccc(C(=O)N2CCCC(Oc3nccc(C(F)(F)F)n3)C2)c1=O. The van der Waals surface area contributed by atoms with E-state index in [0.717, 1.165) is 12.3 Å². The van der Waals surface area contributed by atoms with E-state index in [-0.39, 0.29) is 18.1 Å². The summed E-state index contributed by atoms with van der Waals surface area (Å²) in [6.45, 7) is 0.566. The third kappa shape index (κ3) is 4.26. The first kappa shape index (κ1) is 18.9. The first-order valence-corrected chi connectivity index (χ1v) is 8.27. The number of alkyl halides is 3. The van der Waals surface area contributed by atoms with E-state index in [1.807, 2.05) is 0 Å². The van der Waals surface area contributed by atoms with Crippen LogP contribution in [0.15, 0.2) is 35.4 Å². The normalized spacial score (nSPS) is 17.6. The van der Waals surface area contributed by atoms with E-state index >= 15 is 0 Å². The van der Waals surface area contributed by atoms with E-state index in [0.29, 0.717) is 19.4 Å². The van der Waals surface area contributed by atoms with Gasteiger partial charge in [0, 0.05) is 26.0 Å². The fourth-order valence-electron chi connectivity index (χ4n) is 2.85. The minimum absolute atomic E-state index is 0.0379. The number of halogens is 3. The fraction of sp³-hybridized carbons (Fsp3) is 0.412. The highest BCUT2D eigenvalue weighted by molar-refractivity contribution is 5.93. The molecular formula is C17H17F3N4O3. The summed E-state index contributed by atoms with van der Waals surface area (Å²) in [5, 5.41) is 0. The lowest BCUT2D eigenvalue weighted by molar-refractivity contribution is -0.141. The van der Waals surface area contributed by atoms with Crippen LogP contribution in [-0.2, 0) is 13.2 Å². The monoisotopic (exact) mass is 382 g/mol. The molecule has 1 saturated heterocycles. The van der Waals surface area contributed by atoms with Crippen LogP contribution in [0.4, 0.5) is 13.2 Å². The summed E-state index contributed by atoms with van der Waals surface area (Å²) in [7, 11) is 1.55. The van der Waals surface area contributed by atoms with Crippen LogP contribution in [0.1, 0.15) is 28.9 Å². The van der Waals surface area contributed by atoms with Crippen molar-refractivity contribution >= 4 is 5.91 Å². The predicted molar refractivity (Wildman–Crippen MR) is 88.3 cm³/mol. The average molecular weight is 382 g/mol. The molecule has 2 aromatic heterocycles. The number of hydrogen-bond acceptors (Lipinski definition) is 5. The molecule has 0 aliphatic carbocycles. The number of carbonyl (C=O) groups excluding carboxylic acids is 1. The van der Waals surface area contributed by atoms with E-state index in [4.69, 9.17) is 4.74 Å². The Morgan fingerprint density at radius 3 is 2.85 bits per heavy atom. The van der Waals surface area contributed by atoms with Crippen molar-refractivity contribution in [3.63, 3.8) is 0 Å². The highest BCUT2D eigenvalue weighted by atomic mass is 19.4. The number of amides is 1. The maximum atomic E-state index is 12.7. The number of piperidine rings is 1. The van der Waals surface area contributed by atoms with Crippen LogP contribution >= 0.6 is 0 Å². The number of aromatic nitrogens is 3. The summed E-state index contributed by atoms with van der Waals surface area (Å²) in [4.78, 5) is 33.3. The molecule has 7 nitrogen and oxygen atoms in total. The lowest BCUT2D eigenvalue weighted by Gasteiger charge is -2.32. The summed E-state index contributed by atoms with van der Waals surface area (Å²) in [6, 6.07) is 3.42. The van der Waals surface area contributed by atoms with E-state index in [9.17, 15) is 22.8 Å². The highest BCUT2D eigenvalue weighted by Crippen LogP contribution is 2.28. The quantitative estimate of drug-likeness (QED) is 0.810. The summed E-state index contributed by atoms with van der Waals surface area (Å²) >= 11 is 0. The second-order valence-electron chi connectivity index (χ2n) is 6.19. The minimum Gasteiger partial charge on any atom is -0.458 e. The number of aryl methyl sites for hydroxylation is 1. The summed E-state index contributed by atoms with van der Waals surface area (Å²) in [5.74, 6) is -0.436. The second kappa shape index (κ2) is 7.37. The Bertz CT molecular complexity index is 897. The molecule has 0 N–H and O–H groups in total. The molecule has 1 aliphatic rings. The van der Waals surface area contributed by atoms with Gasteiger partial charge in [0.25, 0.3) is 11.5 Å². The summed E-state index contributed by atoms with van der Waals surface area (Å²) < 4.78 is 45.0. The first-order valence-electron chi connectivity index (χ1n) is 8.27. The number of pyridine rings is 1. The lowest BCUT2D eigenvalue weighted by Crippen LogP contribution is -2.46. The van der Waals surface area contributed by atoms with Crippen LogP contribution < -0.4 is 10.3 Å². The topological polar surface area (TPSA) is 77.3 Å². The van der Waals surface area contributed by atoms with Crippen molar-refractivity contribution in [2.75, 3.05) is 13.1 Å².